The molecule has 6 N–H and O–H groups in total. The molecule has 1 aliphatic heterocycles. The first-order valence-corrected chi connectivity index (χ1v) is 22.4. The Balaban J connectivity index is 0.855. The van der Waals surface area contributed by atoms with Crippen molar-refractivity contribution in [1.29, 1.82) is 0 Å². The topological polar surface area (TPSA) is 207 Å². The molecule has 2 heterocycles. The lowest BCUT2D eigenvalue weighted by atomic mass is 9.85. The maximum atomic E-state index is 13.3. The zero-order valence-electron chi connectivity index (χ0n) is 37.9. The molecule has 2 atom stereocenters. The number of likely N-dealkylation sites (tertiary alicyclic amines) is 1. The minimum Gasteiger partial charge on any atom is -0.382 e. The number of ketones is 2. The Kier molecular flexibility index (Phi) is 17.1. The van der Waals surface area contributed by atoms with Gasteiger partial charge >= 0.3 is 0 Å². The van der Waals surface area contributed by atoms with Gasteiger partial charge in [0.15, 0.2) is 11.6 Å². The smallest absolute Gasteiger partial charge is 0.229 e. The van der Waals surface area contributed by atoms with E-state index >= 15 is 0 Å². The fourth-order valence-corrected chi connectivity index (χ4v) is 7.89. The third-order valence-corrected chi connectivity index (χ3v) is 11.4. The summed E-state index contributed by atoms with van der Waals surface area (Å²) in [7, 11) is 0. The number of carbonyl (C=O) groups excluding carboxylic acids is 5. The number of fused-ring (bicyclic) bond motifs is 1. The highest BCUT2D eigenvalue weighted by atomic mass is 16.5. The zero-order valence-corrected chi connectivity index (χ0v) is 37.9. The van der Waals surface area contributed by atoms with Crippen LogP contribution in [0.4, 0.5) is 28.8 Å². The molecule has 3 aromatic carbocycles. The largest absolute Gasteiger partial charge is 0.382 e. The molecule has 344 valence electrons. The quantitative estimate of drug-likeness (QED) is 0.0295. The van der Waals surface area contributed by atoms with Crippen LogP contribution >= 0.6 is 0 Å². The van der Waals surface area contributed by atoms with Crippen molar-refractivity contribution in [2.45, 2.75) is 71.8 Å². The number of aldehydes is 1. The number of rotatable bonds is 23. The maximum Gasteiger partial charge on any atom is 0.229 e. The Bertz CT molecular complexity index is 2330. The summed E-state index contributed by atoms with van der Waals surface area (Å²) in [4.78, 5) is 73.3. The molecule has 6 rings (SSSR count). The summed E-state index contributed by atoms with van der Waals surface area (Å²) < 4.78 is 11.3. The van der Waals surface area contributed by atoms with Gasteiger partial charge in [0.1, 0.15) is 12.1 Å². The minimum atomic E-state index is -1.16. The molecule has 0 spiro atoms. The van der Waals surface area contributed by atoms with E-state index in [-0.39, 0.29) is 35.4 Å². The highest BCUT2D eigenvalue weighted by Crippen LogP contribution is 2.37. The van der Waals surface area contributed by atoms with Crippen molar-refractivity contribution in [2.75, 3.05) is 68.6 Å². The van der Waals surface area contributed by atoms with Crippen LogP contribution in [0.1, 0.15) is 90.3 Å². The molecule has 0 radical (unpaired) electrons. The van der Waals surface area contributed by atoms with Gasteiger partial charge in [0.25, 0.3) is 0 Å². The number of piperidine rings is 1. The molecule has 15 heteroatoms. The van der Waals surface area contributed by atoms with E-state index in [0.717, 1.165) is 54.1 Å². The van der Waals surface area contributed by atoms with Crippen molar-refractivity contribution in [3.8, 4) is 0 Å². The van der Waals surface area contributed by atoms with Crippen molar-refractivity contribution in [2.24, 2.45) is 17.6 Å². The standard InChI is InChI=1S/C50H62N8O7/c1-33-31-53-49(57-48(33)55-39-8-5-7-34(30-39)17-21-54-50(2,3)4)56-38-14-11-35(12-15-38)29-36-18-23-58(24-19-36)43(61)20-25-64-27-28-65-26-22-52-41-10-6-9-40-45(41)47(63)44(46(40)62)37(32-59)13-16-42(51)60/h5-12,14-15,29-32,37,44,52,54H,13,16-28H2,1-4H3,(H2,51,60)(H2,53,55,56,57). The Morgan fingerprint density at radius 3 is 2.35 bits per heavy atom. The molecule has 15 nitrogen and oxygen atoms in total. The van der Waals surface area contributed by atoms with E-state index < -0.39 is 29.3 Å². The molecule has 2 amide bonds. The normalized spacial score (nSPS) is 15.4. The van der Waals surface area contributed by atoms with Gasteiger partial charge in [-0.3, -0.25) is 19.2 Å². The third-order valence-electron chi connectivity index (χ3n) is 11.4. The lowest BCUT2D eigenvalue weighted by molar-refractivity contribution is -0.133. The second-order valence-corrected chi connectivity index (χ2v) is 17.5. The second-order valence-electron chi connectivity index (χ2n) is 17.5. The van der Waals surface area contributed by atoms with E-state index in [4.69, 9.17) is 20.2 Å². The number of hydrogen-bond acceptors (Lipinski definition) is 13. The molecule has 0 bridgehead atoms. The lowest BCUT2D eigenvalue weighted by Gasteiger charge is -2.28. The van der Waals surface area contributed by atoms with Crippen LogP contribution in [0.5, 0.6) is 0 Å². The van der Waals surface area contributed by atoms with Gasteiger partial charge in [-0.05, 0) is 101 Å². The maximum absolute atomic E-state index is 13.3. The highest BCUT2D eigenvalue weighted by Gasteiger charge is 2.44. The van der Waals surface area contributed by atoms with Gasteiger partial charge in [-0.15, -0.1) is 0 Å². The van der Waals surface area contributed by atoms with Crippen LogP contribution < -0.4 is 27.0 Å². The van der Waals surface area contributed by atoms with Gasteiger partial charge < -0.3 is 46.2 Å². The Morgan fingerprint density at radius 1 is 0.892 bits per heavy atom. The van der Waals surface area contributed by atoms with Crippen LogP contribution in [0.3, 0.4) is 0 Å². The van der Waals surface area contributed by atoms with Crippen molar-refractivity contribution in [1.82, 2.24) is 20.2 Å². The van der Waals surface area contributed by atoms with E-state index in [1.54, 1.807) is 18.2 Å². The van der Waals surface area contributed by atoms with Gasteiger partial charge in [0.05, 0.1) is 44.3 Å². The summed E-state index contributed by atoms with van der Waals surface area (Å²) in [5.74, 6) is -2.22. The average Bonchev–Trinajstić information content (AvgIpc) is 3.53. The molecule has 1 fully saturated rings. The number of ether oxygens (including phenoxy) is 2. The summed E-state index contributed by atoms with van der Waals surface area (Å²) in [6.45, 7) is 12.4. The number of primary amides is 1. The van der Waals surface area contributed by atoms with Crippen LogP contribution in [0.2, 0.25) is 0 Å². The van der Waals surface area contributed by atoms with Crippen molar-refractivity contribution < 1.29 is 33.4 Å². The van der Waals surface area contributed by atoms with Gasteiger partial charge in [-0.25, -0.2) is 4.98 Å². The first-order valence-electron chi connectivity index (χ1n) is 22.4. The molecule has 0 saturated carbocycles. The number of Topliss-reactive ketones (excluding diaryl/α,β-unsaturated/α-hetero) is 2. The first-order chi connectivity index (χ1) is 31.3. The number of carbonyl (C=O) groups is 5. The van der Waals surface area contributed by atoms with Gasteiger partial charge in [-0.1, -0.05) is 48.0 Å². The monoisotopic (exact) mass is 886 g/mol. The molecular formula is C50H62N8O7. The minimum absolute atomic E-state index is 0.0379. The van der Waals surface area contributed by atoms with Crippen LogP contribution in [0, 0.1) is 18.8 Å². The average molecular weight is 887 g/mol. The summed E-state index contributed by atoms with van der Waals surface area (Å²) in [6.07, 6.45) is 7.37. The predicted octanol–water partition coefficient (Wildman–Crippen LogP) is 6.82. The SMILES string of the molecule is Cc1cnc(Nc2ccc(C=C3CCN(C(=O)CCOCCOCCNc4cccc5c4C(=O)C(C(C=O)CCC(N)=O)C5=O)CC3)cc2)nc1Nc1cccc(CCNC(C)(C)C)c1. The number of aryl methyl sites for hydroxylation is 1. The molecule has 2 unspecified atom stereocenters. The summed E-state index contributed by atoms with van der Waals surface area (Å²) in [6, 6.07) is 21.5. The highest BCUT2D eigenvalue weighted by molar-refractivity contribution is 6.29. The number of amides is 2. The Labute approximate surface area is 381 Å². The van der Waals surface area contributed by atoms with Crippen molar-refractivity contribution >= 4 is 64.6 Å². The number of hydrogen-bond donors (Lipinski definition) is 5. The predicted molar refractivity (Wildman–Crippen MR) is 253 cm³/mol. The van der Waals surface area contributed by atoms with Gasteiger partial charge in [0, 0.05) is 71.9 Å². The second kappa shape index (κ2) is 23.1. The molecule has 1 aromatic heterocycles. The Hall–Kier alpha value is -6.29. The number of benzene rings is 3. The molecule has 2 aliphatic rings. The molecule has 65 heavy (non-hydrogen) atoms. The summed E-state index contributed by atoms with van der Waals surface area (Å²) >= 11 is 0. The lowest BCUT2D eigenvalue weighted by Crippen LogP contribution is -2.37. The van der Waals surface area contributed by atoms with Crippen molar-refractivity contribution in [3.05, 3.63) is 106 Å². The number of nitrogens with two attached hydrogens (primary N) is 1. The fourth-order valence-electron chi connectivity index (χ4n) is 7.89. The molecule has 1 saturated heterocycles. The van der Waals surface area contributed by atoms with E-state index in [2.05, 4.69) is 83.4 Å². The van der Waals surface area contributed by atoms with E-state index in [1.165, 1.54) is 11.1 Å². The fraction of sp³-hybridized carbons (Fsp3) is 0.420. The first kappa shape index (κ1) is 48.2. The van der Waals surface area contributed by atoms with E-state index in [9.17, 15) is 24.0 Å². The van der Waals surface area contributed by atoms with Gasteiger partial charge in [-0.2, -0.15) is 4.98 Å². The molecular weight excluding hydrogens is 825 g/mol. The molecule has 1 aliphatic carbocycles. The Morgan fingerprint density at radius 2 is 1.63 bits per heavy atom. The number of nitrogens with zero attached hydrogens (tertiary/aromatic N) is 3. The summed E-state index contributed by atoms with van der Waals surface area (Å²) in [5, 5.41) is 13.5. The zero-order chi connectivity index (χ0) is 46.3. The van der Waals surface area contributed by atoms with E-state index in [1.807, 2.05) is 36.2 Å². The van der Waals surface area contributed by atoms with Crippen LogP contribution in [-0.2, 0) is 30.3 Å². The van der Waals surface area contributed by atoms with Crippen LogP contribution in [0.15, 0.2) is 78.5 Å². The van der Waals surface area contributed by atoms with Crippen molar-refractivity contribution in [3.63, 3.8) is 0 Å². The number of aromatic nitrogens is 2. The van der Waals surface area contributed by atoms with E-state index in [0.29, 0.717) is 70.4 Å². The number of anilines is 5. The summed E-state index contributed by atoms with van der Waals surface area (Å²) in [5.41, 5.74) is 12.7. The molecule has 4 aromatic rings. The third kappa shape index (κ3) is 14.1. The van der Waals surface area contributed by atoms with Gasteiger partial charge in [0.2, 0.25) is 17.8 Å². The van der Waals surface area contributed by atoms with Crippen LogP contribution in [0.25, 0.3) is 6.08 Å². The number of nitrogens with one attached hydrogen (secondary N) is 4. The van der Waals surface area contributed by atoms with Crippen LogP contribution in [-0.4, -0.2) is 103 Å².